The van der Waals surface area contributed by atoms with E-state index in [1.807, 2.05) is 6.92 Å². The number of sulfonamides is 1. The molecule has 0 aromatic heterocycles. The van der Waals surface area contributed by atoms with Crippen molar-refractivity contribution < 1.29 is 18.1 Å². The Bertz CT molecular complexity index is 953. The molecule has 0 aliphatic rings. The van der Waals surface area contributed by atoms with Crippen LogP contribution >= 0.6 is 0 Å². The highest BCUT2D eigenvalue weighted by Crippen LogP contribution is 2.20. The first-order chi connectivity index (χ1) is 13.7. The molecular weight excluding hydrogens is 394 g/mol. The number of nitro groups is 1. The van der Waals surface area contributed by atoms with Gasteiger partial charge in [-0.25, -0.2) is 8.42 Å². The SMILES string of the molecule is CCN(CC)S(=O)(=O)c1ccc(C(C)NC(=O)Cc2ccc([N+](=O)[O-])cc2)cc1. The van der Waals surface area contributed by atoms with Crippen molar-refractivity contribution in [3.63, 3.8) is 0 Å². The third kappa shape index (κ3) is 5.61. The first-order valence-corrected chi connectivity index (χ1v) is 10.8. The third-order valence-electron chi connectivity index (χ3n) is 4.61. The third-order valence-corrected chi connectivity index (χ3v) is 6.68. The van der Waals surface area contributed by atoms with Gasteiger partial charge < -0.3 is 5.32 Å². The van der Waals surface area contributed by atoms with Crippen LogP contribution in [0.3, 0.4) is 0 Å². The Morgan fingerprint density at radius 2 is 1.62 bits per heavy atom. The van der Waals surface area contributed by atoms with Crippen LogP contribution in [0.5, 0.6) is 0 Å². The predicted octanol–water partition coefficient (Wildman–Crippen LogP) is 3.05. The van der Waals surface area contributed by atoms with Gasteiger partial charge >= 0.3 is 0 Å². The molecule has 0 saturated carbocycles. The van der Waals surface area contributed by atoms with E-state index >= 15 is 0 Å². The average molecular weight is 420 g/mol. The normalized spacial score (nSPS) is 12.6. The molecule has 156 valence electrons. The van der Waals surface area contributed by atoms with Crippen LogP contribution in [-0.4, -0.2) is 36.6 Å². The number of nitrogens with zero attached hydrogens (tertiary/aromatic N) is 2. The molecule has 0 fully saturated rings. The van der Waals surface area contributed by atoms with Crippen LogP contribution in [0.15, 0.2) is 53.4 Å². The predicted molar refractivity (Wildman–Crippen MR) is 110 cm³/mol. The molecule has 0 spiro atoms. The summed E-state index contributed by atoms with van der Waals surface area (Å²) in [5.74, 6) is -0.230. The van der Waals surface area contributed by atoms with E-state index in [-0.39, 0.29) is 29.0 Å². The molecule has 0 aliphatic carbocycles. The number of hydrogen-bond acceptors (Lipinski definition) is 5. The highest BCUT2D eigenvalue weighted by Gasteiger charge is 2.21. The van der Waals surface area contributed by atoms with Crippen molar-refractivity contribution in [1.29, 1.82) is 0 Å². The van der Waals surface area contributed by atoms with Gasteiger partial charge in [0.1, 0.15) is 0 Å². The van der Waals surface area contributed by atoms with E-state index < -0.39 is 14.9 Å². The number of nitro benzene ring substituents is 1. The van der Waals surface area contributed by atoms with Gasteiger partial charge in [0.05, 0.1) is 22.3 Å². The van der Waals surface area contributed by atoms with Crippen molar-refractivity contribution in [2.24, 2.45) is 0 Å². The number of amides is 1. The summed E-state index contributed by atoms with van der Waals surface area (Å²) in [6.07, 6.45) is 0.0940. The minimum atomic E-state index is -3.52. The lowest BCUT2D eigenvalue weighted by atomic mass is 10.1. The van der Waals surface area contributed by atoms with Crippen LogP contribution in [0.4, 0.5) is 5.69 Å². The Balaban J connectivity index is 2.02. The Hall–Kier alpha value is -2.78. The second-order valence-electron chi connectivity index (χ2n) is 6.55. The summed E-state index contributed by atoms with van der Waals surface area (Å²) in [5, 5.41) is 13.5. The first kappa shape index (κ1) is 22.5. The number of hydrogen-bond donors (Lipinski definition) is 1. The molecule has 0 radical (unpaired) electrons. The number of nitrogens with one attached hydrogen (secondary N) is 1. The molecule has 8 nitrogen and oxygen atoms in total. The number of non-ortho nitro benzene ring substituents is 1. The molecule has 1 atom stereocenters. The van der Waals surface area contributed by atoms with Crippen LogP contribution in [-0.2, 0) is 21.2 Å². The molecule has 2 aromatic rings. The van der Waals surface area contributed by atoms with Crippen molar-refractivity contribution in [3.05, 3.63) is 69.8 Å². The Morgan fingerprint density at radius 1 is 1.07 bits per heavy atom. The zero-order valence-electron chi connectivity index (χ0n) is 16.7. The quantitative estimate of drug-likeness (QED) is 0.496. The highest BCUT2D eigenvalue weighted by atomic mass is 32.2. The van der Waals surface area contributed by atoms with Gasteiger partial charge in [-0.2, -0.15) is 4.31 Å². The van der Waals surface area contributed by atoms with Crippen molar-refractivity contribution in [2.45, 2.75) is 38.1 Å². The van der Waals surface area contributed by atoms with E-state index in [1.165, 1.54) is 16.4 Å². The smallest absolute Gasteiger partial charge is 0.269 e. The molecule has 29 heavy (non-hydrogen) atoms. The molecule has 0 bridgehead atoms. The van der Waals surface area contributed by atoms with Gasteiger partial charge in [0, 0.05) is 25.2 Å². The molecule has 0 aliphatic heterocycles. The van der Waals surface area contributed by atoms with Crippen molar-refractivity contribution in [1.82, 2.24) is 9.62 Å². The second-order valence-corrected chi connectivity index (χ2v) is 8.49. The van der Waals surface area contributed by atoms with Gasteiger partial charge in [-0.15, -0.1) is 0 Å². The molecule has 2 rings (SSSR count). The van der Waals surface area contributed by atoms with Crippen LogP contribution in [0.2, 0.25) is 0 Å². The average Bonchev–Trinajstić information content (AvgIpc) is 2.69. The van der Waals surface area contributed by atoms with Gasteiger partial charge in [-0.1, -0.05) is 38.1 Å². The Morgan fingerprint density at radius 3 is 2.10 bits per heavy atom. The van der Waals surface area contributed by atoms with E-state index in [0.717, 1.165) is 5.56 Å². The van der Waals surface area contributed by atoms with Gasteiger partial charge in [0.2, 0.25) is 15.9 Å². The molecule has 9 heteroatoms. The Labute approximate surface area is 170 Å². The Kier molecular flexibility index (Phi) is 7.46. The topological polar surface area (TPSA) is 110 Å². The van der Waals surface area contributed by atoms with Gasteiger partial charge in [0.15, 0.2) is 0 Å². The fourth-order valence-electron chi connectivity index (χ4n) is 2.94. The molecule has 2 aromatic carbocycles. The maximum Gasteiger partial charge on any atom is 0.269 e. The summed E-state index contributed by atoms with van der Waals surface area (Å²) in [5.41, 5.74) is 1.42. The summed E-state index contributed by atoms with van der Waals surface area (Å²) < 4.78 is 26.5. The van der Waals surface area contributed by atoms with E-state index in [2.05, 4.69) is 5.32 Å². The monoisotopic (exact) mass is 419 g/mol. The zero-order valence-corrected chi connectivity index (χ0v) is 17.5. The number of carbonyl (C=O) groups excluding carboxylic acids is 1. The van der Waals surface area contributed by atoms with E-state index in [1.54, 1.807) is 50.2 Å². The van der Waals surface area contributed by atoms with Crippen LogP contribution in [0.25, 0.3) is 0 Å². The summed E-state index contributed by atoms with van der Waals surface area (Å²) in [6.45, 7) is 6.18. The zero-order chi connectivity index (χ0) is 21.6. The van der Waals surface area contributed by atoms with Gasteiger partial charge in [0.25, 0.3) is 5.69 Å². The molecule has 1 N–H and O–H groups in total. The molecule has 0 heterocycles. The maximum absolute atomic E-state index is 12.5. The van der Waals surface area contributed by atoms with E-state index in [9.17, 15) is 23.3 Å². The van der Waals surface area contributed by atoms with Crippen LogP contribution in [0, 0.1) is 10.1 Å². The minimum absolute atomic E-state index is 0.0257. The van der Waals surface area contributed by atoms with Gasteiger partial charge in [-0.3, -0.25) is 14.9 Å². The number of carbonyl (C=O) groups is 1. The first-order valence-electron chi connectivity index (χ1n) is 9.31. The highest BCUT2D eigenvalue weighted by molar-refractivity contribution is 7.89. The molecule has 1 unspecified atom stereocenters. The fraction of sp³-hybridized carbons (Fsp3) is 0.350. The van der Waals surface area contributed by atoms with Crippen LogP contribution < -0.4 is 5.32 Å². The standard InChI is InChI=1S/C20H25N3O5S/c1-4-22(5-2)29(27,28)19-12-8-17(9-13-19)15(3)21-20(24)14-16-6-10-18(11-7-16)23(25)26/h6-13,15H,4-5,14H2,1-3H3,(H,21,24). The summed E-state index contributed by atoms with van der Waals surface area (Å²) in [4.78, 5) is 22.7. The van der Waals surface area contributed by atoms with Gasteiger partial charge in [-0.05, 0) is 30.2 Å². The summed E-state index contributed by atoms with van der Waals surface area (Å²) in [6, 6.07) is 12.0. The van der Waals surface area contributed by atoms with E-state index in [4.69, 9.17) is 0 Å². The minimum Gasteiger partial charge on any atom is -0.349 e. The lowest BCUT2D eigenvalue weighted by Crippen LogP contribution is -2.30. The lowest BCUT2D eigenvalue weighted by Gasteiger charge is -2.19. The number of rotatable bonds is 9. The molecule has 0 saturated heterocycles. The fourth-order valence-corrected chi connectivity index (χ4v) is 4.40. The van der Waals surface area contributed by atoms with Crippen molar-refractivity contribution >= 4 is 21.6 Å². The largest absolute Gasteiger partial charge is 0.349 e. The van der Waals surface area contributed by atoms with Crippen LogP contribution in [0.1, 0.15) is 37.9 Å². The number of benzene rings is 2. The van der Waals surface area contributed by atoms with E-state index in [0.29, 0.717) is 18.7 Å². The molecular formula is C20H25N3O5S. The maximum atomic E-state index is 12.5. The summed E-state index contributed by atoms with van der Waals surface area (Å²) >= 11 is 0. The van der Waals surface area contributed by atoms with Crippen molar-refractivity contribution in [3.8, 4) is 0 Å². The molecule has 1 amide bonds. The van der Waals surface area contributed by atoms with Crippen molar-refractivity contribution in [2.75, 3.05) is 13.1 Å². The second kappa shape index (κ2) is 9.62. The lowest BCUT2D eigenvalue weighted by molar-refractivity contribution is -0.384. The summed E-state index contributed by atoms with van der Waals surface area (Å²) in [7, 11) is -3.52.